The molecular formula is C22H23ClN4O2S. The third kappa shape index (κ3) is 5.64. The first kappa shape index (κ1) is 21.9. The summed E-state index contributed by atoms with van der Waals surface area (Å²) in [6.45, 7) is 5.83. The zero-order valence-corrected chi connectivity index (χ0v) is 18.6. The number of rotatable bonds is 7. The molecule has 30 heavy (non-hydrogen) atoms. The number of hydrogen-bond donors (Lipinski definition) is 2. The molecule has 0 atom stereocenters. The Bertz CT molecular complexity index is 1040. The second kappa shape index (κ2) is 9.82. The SMILES string of the molecule is Cc1cc(C)c(NC(=O)CNC(=O)CSc2nccn2-c2ccc(Cl)cc2)c(C)c1. The van der Waals surface area contributed by atoms with Gasteiger partial charge in [0, 0.05) is 28.8 Å². The van der Waals surface area contributed by atoms with Crippen LogP contribution in [0.3, 0.4) is 0 Å². The summed E-state index contributed by atoms with van der Waals surface area (Å²) in [5.41, 5.74) is 4.83. The van der Waals surface area contributed by atoms with E-state index in [4.69, 9.17) is 11.6 Å². The molecule has 0 saturated carbocycles. The Kier molecular flexibility index (Phi) is 7.18. The van der Waals surface area contributed by atoms with Crippen molar-refractivity contribution < 1.29 is 9.59 Å². The standard InChI is InChI=1S/C22H23ClN4O2S/c1-14-10-15(2)21(16(3)11-14)26-19(28)12-25-20(29)13-30-22-24-8-9-27(22)18-6-4-17(23)5-7-18/h4-11H,12-13H2,1-3H3,(H,25,29)(H,26,28). The van der Waals surface area contributed by atoms with E-state index in [1.807, 2.05) is 55.8 Å². The third-order valence-electron chi connectivity index (χ3n) is 4.43. The lowest BCUT2D eigenvalue weighted by Crippen LogP contribution is -2.34. The predicted octanol–water partition coefficient (Wildman–Crippen LogP) is 4.30. The summed E-state index contributed by atoms with van der Waals surface area (Å²) in [5.74, 6) is -0.343. The van der Waals surface area contributed by atoms with Crippen LogP contribution >= 0.6 is 23.4 Å². The zero-order valence-electron chi connectivity index (χ0n) is 17.0. The second-order valence-corrected chi connectivity index (χ2v) is 8.32. The van der Waals surface area contributed by atoms with E-state index in [2.05, 4.69) is 15.6 Å². The van der Waals surface area contributed by atoms with Crippen LogP contribution in [-0.2, 0) is 9.59 Å². The molecule has 3 rings (SSSR count). The first-order valence-electron chi connectivity index (χ1n) is 9.40. The summed E-state index contributed by atoms with van der Waals surface area (Å²) < 4.78 is 1.88. The Balaban J connectivity index is 1.51. The molecule has 0 spiro atoms. The van der Waals surface area contributed by atoms with E-state index in [-0.39, 0.29) is 24.1 Å². The lowest BCUT2D eigenvalue weighted by Gasteiger charge is -2.13. The molecule has 3 aromatic rings. The molecule has 156 valence electrons. The normalized spacial score (nSPS) is 10.7. The van der Waals surface area contributed by atoms with Gasteiger partial charge in [0.1, 0.15) is 0 Å². The zero-order chi connectivity index (χ0) is 21.7. The fraction of sp³-hybridized carbons (Fsp3) is 0.227. The first-order valence-corrected chi connectivity index (χ1v) is 10.8. The van der Waals surface area contributed by atoms with Crippen molar-refractivity contribution in [3.8, 4) is 5.69 Å². The maximum Gasteiger partial charge on any atom is 0.243 e. The van der Waals surface area contributed by atoms with E-state index in [0.717, 1.165) is 28.1 Å². The summed E-state index contributed by atoms with van der Waals surface area (Å²) in [4.78, 5) is 28.7. The molecule has 0 aliphatic carbocycles. The second-order valence-electron chi connectivity index (χ2n) is 6.94. The molecule has 0 saturated heterocycles. The van der Waals surface area contributed by atoms with Crippen LogP contribution in [-0.4, -0.2) is 33.7 Å². The molecule has 6 nitrogen and oxygen atoms in total. The first-order chi connectivity index (χ1) is 14.3. The van der Waals surface area contributed by atoms with Gasteiger partial charge in [-0.15, -0.1) is 0 Å². The van der Waals surface area contributed by atoms with Gasteiger partial charge in [0.2, 0.25) is 11.8 Å². The fourth-order valence-corrected chi connectivity index (χ4v) is 4.04. The largest absolute Gasteiger partial charge is 0.346 e. The molecule has 0 aliphatic heterocycles. The van der Waals surface area contributed by atoms with Gasteiger partial charge >= 0.3 is 0 Å². The van der Waals surface area contributed by atoms with Crippen LogP contribution in [0.4, 0.5) is 5.69 Å². The van der Waals surface area contributed by atoms with Gasteiger partial charge in [0.25, 0.3) is 0 Å². The molecule has 0 fully saturated rings. The van der Waals surface area contributed by atoms with Gasteiger partial charge in [0.15, 0.2) is 5.16 Å². The Morgan fingerprint density at radius 3 is 2.40 bits per heavy atom. The maximum absolute atomic E-state index is 12.2. The Morgan fingerprint density at radius 1 is 1.07 bits per heavy atom. The number of carbonyl (C=O) groups is 2. The summed E-state index contributed by atoms with van der Waals surface area (Å²) in [6.07, 6.45) is 3.50. The van der Waals surface area contributed by atoms with Gasteiger partial charge in [-0.1, -0.05) is 41.1 Å². The number of benzene rings is 2. The highest BCUT2D eigenvalue weighted by Crippen LogP contribution is 2.22. The van der Waals surface area contributed by atoms with Crippen molar-refractivity contribution in [1.29, 1.82) is 0 Å². The summed E-state index contributed by atoms with van der Waals surface area (Å²) in [6, 6.07) is 11.4. The number of imidazole rings is 1. The Morgan fingerprint density at radius 2 is 1.73 bits per heavy atom. The molecule has 0 aliphatic rings. The van der Waals surface area contributed by atoms with Crippen molar-refractivity contribution in [3.63, 3.8) is 0 Å². The van der Waals surface area contributed by atoms with Crippen LogP contribution in [0.15, 0.2) is 53.9 Å². The maximum atomic E-state index is 12.2. The number of hydrogen-bond acceptors (Lipinski definition) is 4. The minimum Gasteiger partial charge on any atom is -0.346 e. The number of nitrogens with one attached hydrogen (secondary N) is 2. The molecule has 1 aromatic heterocycles. The average molecular weight is 443 g/mol. The Hall–Kier alpha value is -2.77. The predicted molar refractivity (Wildman–Crippen MR) is 122 cm³/mol. The van der Waals surface area contributed by atoms with E-state index in [0.29, 0.717) is 10.2 Å². The third-order valence-corrected chi connectivity index (χ3v) is 5.65. The van der Waals surface area contributed by atoms with Gasteiger partial charge in [-0.3, -0.25) is 14.2 Å². The summed E-state index contributed by atoms with van der Waals surface area (Å²) >= 11 is 7.23. The lowest BCUT2D eigenvalue weighted by molar-refractivity contribution is -0.122. The molecule has 1 heterocycles. The molecular weight excluding hydrogens is 420 g/mol. The van der Waals surface area contributed by atoms with Crippen LogP contribution in [0.2, 0.25) is 5.02 Å². The highest BCUT2D eigenvalue weighted by Gasteiger charge is 2.12. The van der Waals surface area contributed by atoms with Crippen LogP contribution in [0.25, 0.3) is 5.69 Å². The van der Waals surface area contributed by atoms with E-state index in [1.54, 1.807) is 18.3 Å². The van der Waals surface area contributed by atoms with Crippen molar-refractivity contribution >= 4 is 40.9 Å². The van der Waals surface area contributed by atoms with Crippen LogP contribution < -0.4 is 10.6 Å². The minimum absolute atomic E-state index is 0.0855. The van der Waals surface area contributed by atoms with Crippen molar-refractivity contribution in [2.75, 3.05) is 17.6 Å². The minimum atomic E-state index is -0.258. The number of thioether (sulfide) groups is 1. The number of carbonyl (C=O) groups excluding carboxylic acids is 2. The Labute approximate surface area is 185 Å². The number of aromatic nitrogens is 2. The van der Waals surface area contributed by atoms with Gasteiger partial charge in [0.05, 0.1) is 12.3 Å². The molecule has 2 N–H and O–H groups in total. The number of aryl methyl sites for hydroxylation is 3. The van der Waals surface area contributed by atoms with Crippen molar-refractivity contribution in [1.82, 2.24) is 14.9 Å². The smallest absolute Gasteiger partial charge is 0.243 e. The van der Waals surface area contributed by atoms with Crippen molar-refractivity contribution in [3.05, 3.63) is 70.5 Å². The molecule has 0 unspecified atom stereocenters. The topological polar surface area (TPSA) is 76.0 Å². The highest BCUT2D eigenvalue weighted by molar-refractivity contribution is 7.99. The lowest BCUT2D eigenvalue weighted by atomic mass is 10.1. The van der Waals surface area contributed by atoms with E-state index >= 15 is 0 Å². The molecule has 2 amide bonds. The van der Waals surface area contributed by atoms with Gasteiger partial charge in [-0.2, -0.15) is 0 Å². The van der Waals surface area contributed by atoms with E-state index in [9.17, 15) is 9.59 Å². The van der Waals surface area contributed by atoms with Crippen LogP contribution in [0.1, 0.15) is 16.7 Å². The summed E-state index contributed by atoms with van der Waals surface area (Å²) in [7, 11) is 0. The molecule has 8 heteroatoms. The van der Waals surface area contributed by atoms with Gasteiger partial charge < -0.3 is 10.6 Å². The highest BCUT2D eigenvalue weighted by atomic mass is 35.5. The monoisotopic (exact) mass is 442 g/mol. The fourth-order valence-electron chi connectivity index (χ4n) is 3.12. The number of anilines is 1. The van der Waals surface area contributed by atoms with Crippen LogP contribution in [0, 0.1) is 20.8 Å². The van der Waals surface area contributed by atoms with Crippen molar-refractivity contribution in [2.45, 2.75) is 25.9 Å². The van der Waals surface area contributed by atoms with Crippen molar-refractivity contribution in [2.24, 2.45) is 0 Å². The number of halogens is 1. The number of nitrogens with zero attached hydrogens (tertiary/aromatic N) is 2. The molecule has 0 radical (unpaired) electrons. The molecule has 0 bridgehead atoms. The van der Waals surface area contributed by atoms with Gasteiger partial charge in [-0.25, -0.2) is 4.98 Å². The van der Waals surface area contributed by atoms with E-state index < -0.39 is 0 Å². The van der Waals surface area contributed by atoms with Crippen LogP contribution in [0.5, 0.6) is 0 Å². The summed E-state index contributed by atoms with van der Waals surface area (Å²) in [5, 5.41) is 6.87. The quantitative estimate of drug-likeness (QED) is 0.535. The molecule has 2 aromatic carbocycles. The van der Waals surface area contributed by atoms with Gasteiger partial charge in [-0.05, 0) is 56.2 Å². The average Bonchev–Trinajstić information content (AvgIpc) is 3.16. The number of amides is 2. The van der Waals surface area contributed by atoms with E-state index in [1.165, 1.54) is 11.8 Å².